The lowest BCUT2D eigenvalue weighted by molar-refractivity contribution is -0.147. The van der Waals surface area contributed by atoms with Crippen molar-refractivity contribution in [1.82, 2.24) is 0 Å². The highest BCUT2D eigenvalue weighted by Gasteiger charge is 2.28. The van der Waals surface area contributed by atoms with Gasteiger partial charge in [0.25, 0.3) is 0 Å². The van der Waals surface area contributed by atoms with Crippen molar-refractivity contribution in [2.75, 3.05) is 7.11 Å². The molecule has 0 bridgehead atoms. The average molecular weight is 185 g/mol. The molecular formula is C10H19NO2. The highest BCUT2D eigenvalue weighted by Crippen LogP contribution is 2.29. The number of carbonyl (C=O) groups excluding carboxylic acids is 1. The summed E-state index contributed by atoms with van der Waals surface area (Å²) in [6.45, 7) is 1.94. The van der Waals surface area contributed by atoms with E-state index < -0.39 is 0 Å². The standard InChI is InChI=1S/C10H19NO2/c1-7(10(12)13-2)8-4-3-5-9(11)6-8/h7-9H,3-6,11H2,1-2H3. The first-order valence-corrected chi connectivity index (χ1v) is 4.98. The first kappa shape index (κ1) is 10.5. The predicted octanol–water partition coefficient (Wildman–Crippen LogP) is 1.31. The van der Waals surface area contributed by atoms with Gasteiger partial charge in [0.2, 0.25) is 0 Å². The normalized spacial score (nSPS) is 31.0. The Bertz CT molecular complexity index is 182. The van der Waals surface area contributed by atoms with Gasteiger partial charge >= 0.3 is 5.97 Å². The topological polar surface area (TPSA) is 52.3 Å². The van der Waals surface area contributed by atoms with Gasteiger partial charge in [-0.05, 0) is 25.2 Å². The van der Waals surface area contributed by atoms with Crippen LogP contribution in [-0.2, 0) is 9.53 Å². The van der Waals surface area contributed by atoms with Gasteiger partial charge in [0.05, 0.1) is 13.0 Å². The predicted molar refractivity (Wildman–Crippen MR) is 51.1 cm³/mol. The van der Waals surface area contributed by atoms with Gasteiger partial charge in [0.15, 0.2) is 0 Å². The van der Waals surface area contributed by atoms with Crippen LogP contribution in [0.25, 0.3) is 0 Å². The SMILES string of the molecule is COC(=O)C(C)C1CCCC(N)C1. The molecule has 1 fully saturated rings. The molecule has 1 aliphatic carbocycles. The molecule has 3 nitrogen and oxygen atoms in total. The molecule has 0 spiro atoms. The Morgan fingerprint density at radius 2 is 2.23 bits per heavy atom. The second-order valence-electron chi connectivity index (χ2n) is 4.00. The zero-order valence-corrected chi connectivity index (χ0v) is 8.45. The molecule has 3 heteroatoms. The maximum Gasteiger partial charge on any atom is 0.308 e. The van der Waals surface area contributed by atoms with Gasteiger partial charge < -0.3 is 10.5 Å². The highest BCUT2D eigenvalue weighted by atomic mass is 16.5. The van der Waals surface area contributed by atoms with E-state index in [1.165, 1.54) is 7.11 Å². The Morgan fingerprint density at radius 3 is 2.77 bits per heavy atom. The Morgan fingerprint density at radius 1 is 1.54 bits per heavy atom. The number of carbonyl (C=O) groups is 1. The summed E-state index contributed by atoms with van der Waals surface area (Å²) >= 11 is 0. The van der Waals surface area contributed by atoms with E-state index in [1.807, 2.05) is 6.92 Å². The van der Waals surface area contributed by atoms with Crippen molar-refractivity contribution in [2.24, 2.45) is 17.6 Å². The van der Waals surface area contributed by atoms with Crippen LogP contribution in [0.3, 0.4) is 0 Å². The molecule has 0 amide bonds. The molecule has 3 atom stereocenters. The lowest BCUT2D eigenvalue weighted by Crippen LogP contribution is -2.33. The van der Waals surface area contributed by atoms with Crippen molar-refractivity contribution in [2.45, 2.75) is 38.6 Å². The fourth-order valence-corrected chi connectivity index (χ4v) is 2.10. The Hall–Kier alpha value is -0.570. The van der Waals surface area contributed by atoms with E-state index in [9.17, 15) is 4.79 Å². The van der Waals surface area contributed by atoms with Gasteiger partial charge in [0.1, 0.15) is 0 Å². The summed E-state index contributed by atoms with van der Waals surface area (Å²) in [7, 11) is 1.45. The lowest BCUT2D eigenvalue weighted by Gasteiger charge is -2.29. The molecule has 0 aromatic rings. The summed E-state index contributed by atoms with van der Waals surface area (Å²) in [4.78, 5) is 11.3. The molecular weight excluding hydrogens is 166 g/mol. The summed E-state index contributed by atoms with van der Waals surface area (Å²) in [5.41, 5.74) is 5.85. The largest absolute Gasteiger partial charge is 0.469 e. The number of rotatable bonds is 2. The summed E-state index contributed by atoms with van der Waals surface area (Å²) in [5, 5.41) is 0. The Balaban J connectivity index is 2.45. The zero-order valence-electron chi connectivity index (χ0n) is 8.45. The van der Waals surface area contributed by atoms with Crippen molar-refractivity contribution in [3.63, 3.8) is 0 Å². The number of nitrogens with two attached hydrogens (primary N) is 1. The highest BCUT2D eigenvalue weighted by molar-refractivity contribution is 5.72. The number of hydrogen-bond acceptors (Lipinski definition) is 3. The molecule has 2 N–H and O–H groups in total. The molecule has 0 aromatic carbocycles. The molecule has 0 aliphatic heterocycles. The summed E-state index contributed by atoms with van der Waals surface area (Å²) in [6.07, 6.45) is 4.33. The van der Waals surface area contributed by atoms with Gasteiger partial charge in [-0.15, -0.1) is 0 Å². The summed E-state index contributed by atoms with van der Waals surface area (Å²) < 4.78 is 4.72. The Kier molecular flexibility index (Phi) is 3.72. The molecule has 0 saturated heterocycles. The van der Waals surface area contributed by atoms with Gasteiger partial charge in [-0.3, -0.25) is 4.79 Å². The van der Waals surface area contributed by atoms with Crippen molar-refractivity contribution in [3.8, 4) is 0 Å². The van der Waals surface area contributed by atoms with Crippen LogP contribution in [0.4, 0.5) is 0 Å². The van der Waals surface area contributed by atoms with Crippen LogP contribution in [-0.4, -0.2) is 19.1 Å². The molecule has 1 rings (SSSR count). The fourth-order valence-electron chi connectivity index (χ4n) is 2.10. The minimum atomic E-state index is -0.0981. The van der Waals surface area contributed by atoms with Crippen LogP contribution in [0.1, 0.15) is 32.6 Å². The quantitative estimate of drug-likeness (QED) is 0.660. The number of ether oxygens (including phenoxy) is 1. The van der Waals surface area contributed by atoms with Gasteiger partial charge in [-0.2, -0.15) is 0 Å². The third kappa shape index (κ3) is 2.69. The maximum atomic E-state index is 11.3. The molecule has 0 heterocycles. The van der Waals surface area contributed by atoms with E-state index in [4.69, 9.17) is 10.5 Å². The number of hydrogen-bond donors (Lipinski definition) is 1. The van der Waals surface area contributed by atoms with Crippen molar-refractivity contribution in [1.29, 1.82) is 0 Å². The molecule has 1 saturated carbocycles. The van der Waals surface area contributed by atoms with Crippen LogP contribution in [0.2, 0.25) is 0 Å². The van der Waals surface area contributed by atoms with Gasteiger partial charge in [0, 0.05) is 6.04 Å². The first-order chi connectivity index (χ1) is 6.15. The molecule has 0 aromatic heterocycles. The van der Waals surface area contributed by atoms with Crippen molar-refractivity contribution < 1.29 is 9.53 Å². The zero-order chi connectivity index (χ0) is 9.84. The van der Waals surface area contributed by atoms with E-state index >= 15 is 0 Å². The fraction of sp³-hybridized carbons (Fsp3) is 0.900. The molecule has 1 aliphatic rings. The van der Waals surface area contributed by atoms with Crippen molar-refractivity contribution >= 4 is 5.97 Å². The minimum Gasteiger partial charge on any atom is -0.469 e. The number of methoxy groups -OCH3 is 1. The van der Waals surface area contributed by atoms with Gasteiger partial charge in [-0.1, -0.05) is 13.3 Å². The molecule has 76 valence electrons. The van der Waals surface area contributed by atoms with E-state index in [-0.39, 0.29) is 17.9 Å². The van der Waals surface area contributed by atoms with E-state index in [0.29, 0.717) is 5.92 Å². The first-order valence-electron chi connectivity index (χ1n) is 4.98. The molecule has 0 radical (unpaired) electrons. The third-order valence-electron chi connectivity index (χ3n) is 3.04. The second kappa shape index (κ2) is 4.61. The third-order valence-corrected chi connectivity index (χ3v) is 3.04. The maximum absolute atomic E-state index is 11.3. The van der Waals surface area contributed by atoms with E-state index in [1.54, 1.807) is 0 Å². The number of esters is 1. The average Bonchev–Trinajstić information content (AvgIpc) is 2.15. The van der Waals surface area contributed by atoms with E-state index in [2.05, 4.69) is 0 Å². The lowest BCUT2D eigenvalue weighted by atomic mass is 9.79. The van der Waals surface area contributed by atoms with Crippen LogP contribution in [0, 0.1) is 11.8 Å². The summed E-state index contributed by atoms with van der Waals surface area (Å²) in [5.74, 6) is 0.339. The smallest absolute Gasteiger partial charge is 0.308 e. The van der Waals surface area contributed by atoms with Crippen molar-refractivity contribution in [3.05, 3.63) is 0 Å². The Labute approximate surface area is 79.6 Å². The minimum absolute atomic E-state index is 0.0105. The van der Waals surface area contributed by atoms with E-state index in [0.717, 1.165) is 25.7 Å². The second-order valence-corrected chi connectivity index (χ2v) is 4.00. The van der Waals surface area contributed by atoms with Gasteiger partial charge in [-0.25, -0.2) is 0 Å². The molecule has 13 heavy (non-hydrogen) atoms. The van der Waals surface area contributed by atoms with Crippen LogP contribution >= 0.6 is 0 Å². The van der Waals surface area contributed by atoms with Crippen LogP contribution in [0.15, 0.2) is 0 Å². The molecule has 3 unspecified atom stereocenters. The monoisotopic (exact) mass is 185 g/mol. The van der Waals surface area contributed by atoms with Crippen LogP contribution in [0.5, 0.6) is 0 Å². The summed E-state index contributed by atoms with van der Waals surface area (Å²) in [6, 6.07) is 0.283. The van der Waals surface area contributed by atoms with Crippen LogP contribution < -0.4 is 5.73 Å².